The summed E-state index contributed by atoms with van der Waals surface area (Å²) < 4.78 is 19.1. The number of carbonyl (C=O) groups excluding carboxylic acids is 2. The Morgan fingerprint density at radius 3 is 2.26 bits per heavy atom. The number of imide groups is 1. The van der Waals surface area contributed by atoms with Crippen LogP contribution in [0, 0.1) is 5.82 Å². The van der Waals surface area contributed by atoms with Crippen molar-refractivity contribution in [3.05, 3.63) is 65.6 Å². The molecule has 0 unspecified atom stereocenters. The van der Waals surface area contributed by atoms with Crippen molar-refractivity contribution in [3.8, 4) is 0 Å². The van der Waals surface area contributed by atoms with Crippen LogP contribution in [0.4, 0.5) is 15.8 Å². The summed E-state index contributed by atoms with van der Waals surface area (Å²) >= 11 is 0. The van der Waals surface area contributed by atoms with Gasteiger partial charge in [-0.25, -0.2) is 4.39 Å². The third-order valence-electron chi connectivity index (χ3n) is 6.22. The number of halogens is 1. The average molecular weight is 466 g/mol. The summed E-state index contributed by atoms with van der Waals surface area (Å²) in [5.74, 6) is -1.14. The standard InChI is InChI=1S/C27H32FN3O3/c1-2-3-18-34-19-6-17-31-26(32)24(20-7-9-21(28)10-8-20)25(27(31)33)29-22-11-13-23(14-12-22)30-15-4-5-16-30/h7-14,29H,2-6,15-19H2,1H3. The van der Waals surface area contributed by atoms with E-state index in [0.717, 1.165) is 37.3 Å². The molecule has 2 aromatic rings. The molecule has 0 atom stereocenters. The van der Waals surface area contributed by atoms with E-state index in [4.69, 9.17) is 4.74 Å². The summed E-state index contributed by atoms with van der Waals surface area (Å²) in [6, 6.07) is 13.6. The Labute approximate surface area is 200 Å². The number of nitrogens with one attached hydrogen (secondary N) is 1. The minimum atomic E-state index is -0.394. The lowest BCUT2D eigenvalue weighted by Gasteiger charge is -2.18. The zero-order chi connectivity index (χ0) is 23.9. The largest absolute Gasteiger partial charge is 0.381 e. The maximum absolute atomic E-state index is 13.5. The molecule has 0 aliphatic carbocycles. The van der Waals surface area contributed by atoms with Crippen molar-refractivity contribution in [3.63, 3.8) is 0 Å². The summed E-state index contributed by atoms with van der Waals surface area (Å²) in [5, 5.41) is 3.17. The minimum absolute atomic E-state index is 0.220. The summed E-state index contributed by atoms with van der Waals surface area (Å²) in [5.41, 5.74) is 2.87. The van der Waals surface area contributed by atoms with Crippen molar-refractivity contribution in [2.24, 2.45) is 0 Å². The first-order chi connectivity index (χ1) is 16.6. The Morgan fingerprint density at radius 1 is 0.912 bits per heavy atom. The molecule has 1 fully saturated rings. The number of ether oxygens (including phenoxy) is 1. The third kappa shape index (κ3) is 5.47. The molecule has 0 bridgehead atoms. The molecule has 2 aromatic carbocycles. The molecule has 180 valence electrons. The van der Waals surface area contributed by atoms with Gasteiger partial charge in [-0.3, -0.25) is 14.5 Å². The second-order valence-corrected chi connectivity index (χ2v) is 8.70. The van der Waals surface area contributed by atoms with Gasteiger partial charge in [0.25, 0.3) is 11.8 Å². The predicted molar refractivity (Wildman–Crippen MR) is 132 cm³/mol. The van der Waals surface area contributed by atoms with Crippen molar-refractivity contribution in [1.82, 2.24) is 4.90 Å². The quantitative estimate of drug-likeness (QED) is 0.381. The second kappa shape index (κ2) is 11.3. The Balaban J connectivity index is 1.52. The molecular weight excluding hydrogens is 433 g/mol. The first-order valence-electron chi connectivity index (χ1n) is 12.1. The topological polar surface area (TPSA) is 61.9 Å². The van der Waals surface area contributed by atoms with Gasteiger partial charge in [-0.05, 0) is 67.6 Å². The monoisotopic (exact) mass is 465 g/mol. The SMILES string of the molecule is CCCCOCCCN1C(=O)C(Nc2ccc(N3CCCC3)cc2)=C(c2ccc(F)cc2)C1=O. The van der Waals surface area contributed by atoms with Crippen LogP contribution >= 0.6 is 0 Å². The Bertz CT molecular complexity index is 1030. The molecule has 7 heteroatoms. The number of carbonyl (C=O) groups is 2. The molecule has 2 aliphatic heterocycles. The number of nitrogens with zero attached hydrogens (tertiary/aromatic N) is 2. The van der Waals surface area contributed by atoms with Crippen LogP contribution in [0.3, 0.4) is 0 Å². The third-order valence-corrected chi connectivity index (χ3v) is 6.22. The maximum atomic E-state index is 13.5. The van der Waals surface area contributed by atoms with Crippen LogP contribution < -0.4 is 10.2 Å². The van der Waals surface area contributed by atoms with Gasteiger partial charge in [0.1, 0.15) is 11.5 Å². The van der Waals surface area contributed by atoms with Gasteiger partial charge in [-0.15, -0.1) is 0 Å². The van der Waals surface area contributed by atoms with Crippen molar-refractivity contribution in [1.29, 1.82) is 0 Å². The van der Waals surface area contributed by atoms with Gasteiger partial charge < -0.3 is 15.0 Å². The predicted octanol–water partition coefficient (Wildman–Crippen LogP) is 4.82. The van der Waals surface area contributed by atoms with Gasteiger partial charge in [-0.1, -0.05) is 25.5 Å². The van der Waals surface area contributed by atoms with Crippen LogP contribution in [0.25, 0.3) is 5.57 Å². The molecule has 0 radical (unpaired) electrons. The van der Waals surface area contributed by atoms with Gasteiger partial charge in [0.05, 0.1) is 5.57 Å². The van der Waals surface area contributed by atoms with Crippen molar-refractivity contribution in [2.75, 3.05) is 43.1 Å². The van der Waals surface area contributed by atoms with E-state index in [0.29, 0.717) is 25.2 Å². The van der Waals surface area contributed by atoms with Crippen LogP contribution in [0.5, 0.6) is 0 Å². The van der Waals surface area contributed by atoms with E-state index in [-0.39, 0.29) is 29.6 Å². The lowest BCUT2D eigenvalue weighted by molar-refractivity contribution is -0.137. The Morgan fingerprint density at radius 2 is 1.59 bits per heavy atom. The van der Waals surface area contributed by atoms with Crippen LogP contribution in [0.2, 0.25) is 0 Å². The molecular formula is C27H32FN3O3. The zero-order valence-corrected chi connectivity index (χ0v) is 19.7. The Kier molecular flexibility index (Phi) is 7.95. The molecule has 6 nitrogen and oxygen atoms in total. The van der Waals surface area contributed by atoms with Crippen LogP contribution in [0.15, 0.2) is 54.2 Å². The van der Waals surface area contributed by atoms with E-state index < -0.39 is 5.82 Å². The number of unbranched alkanes of at least 4 members (excludes halogenated alkanes) is 1. The lowest BCUT2D eigenvalue weighted by Crippen LogP contribution is -2.34. The molecule has 4 rings (SSSR count). The summed E-state index contributed by atoms with van der Waals surface area (Å²) in [6.07, 6.45) is 5.01. The first-order valence-corrected chi connectivity index (χ1v) is 12.1. The smallest absolute Gasteiger partial charge is 0.278 e. The van der Waals surface area contributed by atoms with Crippen molar-refractivity contribution in [2.45, 2.75) is 39.0 Å². The molecule has 2 heterocycles. The summed E-state index contributed by atoms with van der Waals surface area (Å²) in [6.45, 7) is 5.64. The number of rotatable bonds is 11. The van der Waals surface area contributed by atoms with Crippen LogP contribution in [-0.2, 0) is 14.3 Å². The number of hydrogen-bond acceptors (Lipinski definition) is 5. The molecule has 0 spiro atoms. The van der Waals surface area contributed by atoms with E-state index >= 15 is 0 Å². The minimum Gasteiger partial charge on any atom is -0.381 e. The van der Waals surface area contributed by atoms with Gasteiger partial charge >= 0.3 is 0 Å². The van der Waals surface area contributed by atoms with Crippen LogP contribution in [0.1, 0.15) is 44.6 Å². The zero-order valence-electron chi connectivity index (χ0n) is 19.7. The maximum Gasteiger partial charge on any atom is 0.278 e. The number of benzene rings is 2. The fourth-order valence-electron chi connectivity index (χ4n) is 4.33. The molecule has 2 amide bonds. The fraction of sp³-hybridized carbons (Fsp3) is 0.407. The Hall–Kier alpha value is -3.19. The van der Waals surface area contributed by atoms with Gasteiger partial charge in [-0.2, -0.15) is 0 Å². The highest BCUT2D eigenvalue weighted by molar-refractivity contribution is 6.36. The molecule has 0 aromatic heterocycles. The lowest BCUT2D eigenvalue weighted by atomic mass is 10.0. The average Bonchev–Trinajstić information content (AvgIpc) is 3.46. The summed E-state index contributed by atoms with van der Waals surface area (Å²) in [4.78, 5) is 30.1. The van der Waals surface area contributed by atoms with E-state index in [2.05, 4.69) is 17.1 Å². The normalized spacial score (nSPS) is 16.2. The van der Waals surface area contributed by atoms with Crippen molar-refractivity contribution >= 4 is 28.8 Å². The molecule has 1 N–H and O–H groups in total. The molecule has 2 aliphatic rings. The summed E-state index contributed by atoms with van der Waals surface area (Å²) in [7, 11) is 0. The van der Waals surface area contributed by atoms with Crippen molar-refractivity contribution < 1.29 is 18.7 Å². The van der Waals surface area contributed by atoms with E-state index in [1.165, 1.54) is 42.0 Å². The van der Waals surface area contributed by atoms with E-state index in [9.17, 15) is 14.0 Å². The van der Waals surface area contributed by atoms with Gasteiger partial charge in [0.2, 0.25) is 0 Å². The fourth-order valence-corrected chi connectivity index (χ4v) is 4.33. The highest BCUT2D eigenvalue weighted by atomic mass is 19.1. The van der Waals surface area contributed by atoms with Gasteiger partial charge in [0, 0.05) is 44.2 Å². The van der Waals surface area contributed by atoms with Gasteiger partial charge in [0.15, 0.2) is 0 Å². The number of anilines is 2. The molecule has 34 heavy (non-hydrogen) atoms. The highest BCUT2D eigenvalue weighted by Crippen LogP contribution is 2.31. The molecule has 1 saturated heterocycles. The number of hydrogen-bond donors (Lipinski definition) is 1. The first kappa shape index (κ1) is 24.0. The molecule has 0 saturated carbocycles. The van der Waals surface area contributed by atoms with E-state index in [1.54, 1.807) is 0 Å². The van der Waals surface area contributed by atoms with E-state index in [1.807, 2.05) is 24.3 Å². The second-order valence-electron chi connectivity index (χ2n) is 8.70. The highest BCUT2D eigenvalue weighted by Gasteiger charge is 2.38. The van der Waals surface area contributed by atoms with Crippen LogP contribution in [-0.4, -0.2) is 49.6 Å². The number of amides is 2.